The van der Waals surface area contributed by atoms with Gasteiger partial charge in [0.2, 0.25) is 0 Å². The Bertz CT molecular complexity index is 693. The van der Waals surface area contributed by atoms with Crippen molar-refractivity contribution in [3.63, 3.8) is 0 Å². The van der Waals surface area contributed by atoms with E-state index in [2.05, 4.69) is 40.3 Å². The van der Waals surface area contributed by atoms with E-state index >= 15 is 0 Å². The second kappa shape index (κ2) is 7.60. The molecule has 0 saturated heterocycles. The molecule has 0 aliphatic heterocycles. The van der Waals surface area contributed by atoms with Gasteiger partial charge in [0.1, 0.15) is 10.1 Å². The van der Waals surface area contributed by atoms with Gasteiger partial charge >= 0.3 is 0 Å². The second-order valence-corrected chi connectivity index (χ2v) is 7.69. The molecule has 5 heteroatoms. The number of pyridine rings is 2. The molecule has 1 unspecified atom stereocenters. The van der Waals surface area contributed by atoms with Crippen LogP contribution in [0.25, 0.3) is 0 Å². The van der Waals surface area contributed by atoms with Crippen LogP contribution in [0.4, 0.5) is 0 Å². The summed E-state index contributed by atoms with van der Waals surface area (Å²) in [5, 5.41) is 4.67. The molecule has 0 aliphatic rings. The summed E-state index contributed by atoms with van der Waals surface area (Å²) in [7, 11) is 3.94. The lowest BCUT2D eigenvalue weighted by molar-refractivity contribution is 1.14. The van der Waals surface area contributed by atoms with Gasteiger partial charge in [0, 0.05) is 17.7 Å². The standard InChI is InChI=1S/C16H13N2PS2/c1-2-7-13(8-3-1)19-14-9-6-12-18-16(14)21-20-15-10-4-5-11-17-15/h1-12,19H. The van der Waals surface area contributed by atoms with Crippen molar-refractivity contribution >= 4 is 40.8 Å². The van der Waals surface area contributed by atoms with Crippen LogP contribution in [0.5, 0.6) is 0 Å². The van der Waals surface area contributed by atoms with Gasteiger partial charge in [0.25, 0.3) is 0 Å². The Morgan fingerprint density at radius 3 is 2.33 bits per heavy atom. The Labute approximate surface area is 134 Å². The molecular formula is C16H13N2PS2. The van der Waals surface area contributed by atoms with Crippen LogP contribution in [0.15, 0.2) is 83.1 Å². The summed E-state index contributed by atoms with van der Waals surface area (Å²) in [5.74, 6) is 0. The zero-order valence-electron chi connectivity index (χ0n) is 11.1. The predicted molar refractivity (Wildman–Crippen MR) is 94.2 cm³/mol. The van der Waals surface area contributed by atoms with E-state index in [-0.39, 0.29) is 0 Å². The highest BCUT2D eigenvalue weighted by Gasteiger charge is 2.06. The molecule has 0 bridgehead atoms. The van der Waals surface area contributed by atoms with Crippen molar-refractivity contribution in [2.45, 2.75) is 10.1 Å². The molecule has 0 aliphatic carbocycles. The van der Waals surface area contributed by atoms with Crippen molar-refractivity contribution in [1.29, 1.82) is 0 Å². The second-order valence-electron chi connectivity index (χ2n) is 4.18. The summed E-state index contributed by atoms with van der Waals surface area (Å²) in [4.78, 5) is 8.84. The summed E-state index contributed by atoms with van der Waals surface area (Å²) in [6.45, 7) is 0. The topological polar surface area (TPSA) is 25.8 Å². The quantitative estimate of drug-likeness (QED) is 0.524. The molecule has 2 aromatic heterocycles. The van der Waals surface area contributed by atoms with E-state index in [1.807, 2.05) is 42.7 Å². The Morgan fingerprint density at radius 1 is 0.714 bits per heavy atom. The molecule has 0 amide bonds. The third-order valence-corrected chi connectivity index (χ3v) is 6.36. The molecule has 1 atom stereocenters. The number of nitrogens with zero attached hydrogens (tertiary/aromatic N) is 2. The molecule has 0 fully saturated rings. The van der Waals surface area contributed by atoms with Crippen molar-refractivity contribution in [1.82, 2.24) is 9.97 Å². The Morgan fingerprint density at radius 2 is 1.52 bits per heavy atom. The van der Waals surface area contributed by atoms with Crippen LogP contribution >= 0.6 is 30.2 Å². The van der Waals surface area contributed by atoms with Crippen LogP contribution in [-0.2, 0) is 0 Å². The van der Waals surface area contributed by atoms with E-state index in [9.17, 15) is 0 Å². The van der Waals surface area contributed by atoms with Crippen molar-refractivity contribution in [2.24, 2.45) is 0 Å². The van der Waals surface area contributed by atoms with Gasteiger partial charge in [0.05, 0.1) is 0 Å². The van der Waals surface area contributed by atoms with E-state index in [0.717, 1.165) is 10.1 Å². The molecule has 3 aromatic rings. The van der Waals surface area contributed by atoms with Crippen molar-refractivity contribution in [3.8, 4) is 0 Å². The molecule has 3 rings (SSSR count). The number of aromatic nitrogens is 2. The van der Waals surface area contributed by atoms with Gasteiger partial charge in [-0.2, -0.15) is 0 Å². The number of hydrogen-bond donors (Lipinski definition) is 0. The first-order chi connectivity index (χ1) is 10.4. The van der Waals surface area contributed by atoms with E-state index in [1.54, 1.807) is 21.6 Å². The fourth-order valence-corrected chi connectivity index (χ4v) is 5.11. The van der Waals surface area contributed by atoms with Crippen LogP contribution in [0, 0.1) is 0 Å². The minimum atomic E-state index is 0.626. The smallest absolute Gasteiger partial charge is 0.115 e. The van der Waals surface area contributed by atoms with E-state index in [1.165, 1.54) is 10.6 Å². The third kappa shape index (κ3) is 4.31. The van der Waals surface area contributed by atoms with Gasteiger partial charge in [-0.05, 0) is 45.1 Å². The van der Waals surface area contributed by atoms with E-state index in [4.69, 9.17) is 0 Å². The fourth-order valence-electron chi connectivity index (χ4n) is 1.71. The van der Waals surface area contributed by atoms with Crippen LogP contribution in [0.2, 0.25) is 0 Å². The predicted octanol–water partition coefficient (Wildman–Crippen LogP) is 3.91. The highest BCUT2D eigenvalue weighted by molar-refractivity contribution is 8.76. The molecule has 1 aromatic carbocycles. The minimum Gasteiger partial charge on any atom is -0.249 e. The van der Waals surface area contributed by atoms with Crippen LogP contribution in [-0.4, -0.2) is 9.97 Å². The summed E-state index contributed by atoms with van der Waals surface area (Å²) < 4.78 is 0. The average Bonchev–Trinajstić information content (AvgIpc) is 2.56. The number of hydrogen-bond acceptors (Lipinski definition) is 4. The van der Waals surface area contributed by atoms with Crippen LogP contribution in [0.3, 0.4) is 0 Å². The molecule has 2 nitrogen and oxygen atoms in total. The zero-order valence-corrected chi connectivity index (χ0v) is 13.8. The normalized spacial score (nSPS) is 11.0. The lowest BCUT2D eigenvalue weighted by atomic mass is 10.4. The molecule has 0 spiro atoms. The van der Waals surface area contributed by atoms with Crippen molar-refractivity contribution < 1.29 is 0 Å². The van der Waals surface area contributed by atoms with Gasteiger partial charge in [-0.15, -0.1) is 0 Å². The summed E-state index contributed by atoms with van der Waals surface area (Å²) >= 11 is 0. The maximum atomic E-state index is 4.51. The molecule has 0 radical (unpaired) electrons. The first-order valence-electron chi connectivity index (χ1n) is 6.44. The molecule has 21 heavy (non-hydrogen) atoms. The van der Waals surface area contributed by atoms with Crippen molar-refractivity contribution in [2.75, 3.05) is 0 Å². The molecule has 0 N–H and O–H groups in total. The maximum absolute atomic E-state index is 4.51. The largest absolute Gasteiger partial charge is 0.249 e. The highest BCUT2D eigenvalue weighted by Crippen LogP contribution is 2.35. The molecular weight excluding hydrogens is 315 g/mol. The number of rotatable bonds is 5. The molecule has 0 saturated carbocycles. The Balaban J connectivity index is 1.73. The first kappa shape index (κ1) is 14.6. The highest BCUT2D eigenvalue weighted by atomic mass is 33.1. The molecule has 2 heterocycles. The monoisotopic (exact) mass is 328 g/mol. The van der Waals surface area contributed by atoms with Gasteiger partial charge < -0.3 is 0 Å². The lowest BCUT2D eigenvalue weighted by Crippen LogP contribution is -2.06. The van der Waals surface area contributed by atoms with E-state index in [0.29, 0.717) is 8.58 Å². The maximum Gasteiger partial charge on any atom is 0.115 e. The average molecular weight is 328 g/mol. The van der Waals surface area contributed by atoms with Crippen LogP contribution < -0.4 is 10.6 Å². The Kier molecular flexibility index (Phi) is 5.28. The third-order valence-electron chi connectivity index (χ3n) is 2.67. The first-order valence-corrected chi connectivity index (χ1v) is 9.59. The van der Waals surface area contributed by atoms with Gasteiger partial charge in [-0.1, -0.05) is 51.0 Å². The lowest BCUT2D eigenvalue weighted by Gasteiger charge is -2.07. The van der Waals surface area contributed by atoms with Gasteiger partial charge in [-0.25, -0.2) is 9.97 Å². The Hall–Kier alpha value is -1.35. The summed E-state index contributed by atoms with van der Waals surface area (Å²) in [5.41, 5.74) is 0. The van der Waals surface area contributed by atoms with Crippen LogP contribution in [0.1, 0.15) is 0 Å². The van der Waals surface area contributed by atoms with Gasteiger partial charge in [0.15, 0.2) is 0 Å². The fraction of sp³-hybridized carbons (Fsp3) is 0. The van der Waals surface area contributed by atoms with Crippen molar-refractivity contribution in [3.05, 3.63) is 73.1 Å². The summed E-state index contributed by atoms with van der Waals surface area (Å²) in [6.07, 6.45) is 3.66. The minimum absolute atomic E-state index is 0.626. The SMILES string of the molecule is c1ccc(Pc2cccnc2SSc2ccccn2)cc1. The summed E-state index contributed by atoms with van der Waals surface area (Å²) in [6, 6.07) is 20.6. The number of benzene rings is 1. The zero-order chi connectivity index (χ0) is 14.3. The van der Waals surface area contributed by atoms with Gasteiger partial charge in [-0.3, -0.25) is 0 Å². The van der Waals surface area contributed by atoms with E-state index < -0.39 is 0 Å². The molecule has 104 valence electrons.